The molecule has 146 valence electrons. The Morgan fingerprint density at radius 2 is 1.92 bits per heavy atom. The molecule has 3 nitrogen and oxygen atoms in total. The molecular weight excluding hydrogens is 310 g/mol. The van der Waals surface area contributed by atoms with E-state index in [-0.39, 0.29) is 5.79 Å². The number of ether oxygens (including phenoxy) is 2. The molecule has 3 rings (SSSR count). The molecule has 0 aromatic heterocycles. The quantitative estimate of drug-likeness (QED) is 0.653. The third-order valence-corrected chi connectivity index (χ3v) is 7.17. The highest BCUT2D eigenvalue weighted by atomic mass is 16.7. The zero-order valence-corrected chi connectivity index (χ0v) is 17.2. The number of hydrogen-bond acceptors (Lipinski definition) is 3. The van der Waals surface area contributed by atoms with Gasteiger partial charge >= 0.3 is 0 Å². The van der Waals surface area contributed by atoms with E-state index < -0.39 is 0 Å². The van der Waals surface area contributed by atoms with E-state index in [1.54, 1.807) is 0 Å². The molecule has 1 saturated carbocycles. The highest BCUT2D eigenvalue weighted by molar-refractivity contribution is 4.90. The van der Waals surface area contributed by atoms with Crippen LogP contribution in [0.1, 0.15) is 85.5 Å². The van der Waals surface area contributed by atoms with E-state index in [4.69, 9.17) is 9.47 Å². The molecule has 3 fully saturated rings. The van der Waals surface area contributed by atoms with Crippen LogP contribution in [-0.2, 0) is 9.47 Å². The summed E-state index contributed by atoms with van der Waals surface area (Å²) in [5, 5.41) is 0. The van der Waals surface area contributed by atoms with Crippen LogP contribution < -0.4 is 0 Å². The van der Waals surface area contributed by atoms with E-state index in [0.717, 1.165) is 37.7 Å². The first kappa shape index (κ1) is 19.6. The minimum Gasteiger partial charge on any atom is -0.347 e. The summed E-state index contributed by atoms with van der Waals surface area (Å²) in [4.78, 5) is 2.63. The number of nitrogens with zero attached hydrogens (tertiary/aromatic N) is 1. The van der Waals surface area contributed by atoms with Crippen LogP contribution in [0.15, 0.2) is 0 Å². The van der Waals surface area contributed by atoms with E-state index in [1.807, 2.05) is 0 Å². The molecule has 2 saturated heterocycles. The Hall–Kier alpha value is -0.120. The zero-order chi connectivity index (χ0) is 17.9. The third-order valence-electron chi connectivity index (χ3n) is 7.17. The van der Waals surface area contributed by atoms with Crippen molar-refractivity contribution in [3.05, 3.63) is 0 Å². The smallest absolute Gasteiger partial charge is 0.168 e. The van der Waals surface area contributed by atoms with Crippen LogP contribution in [0.4, 0.5) is 0 Å². The fraction of sp³-hybridized carbons (Fsp3) is 1.00. The standard InChI is InChI=1S/C22H41NO2/c1-5-11-21(3,4)19-8-12-22(13-9-19)24-17-20(25-22)10-15-23-14-6-7-18(2)16-23/h18-20H,5-17H2,1-4H3. The van der Waals surface area contributed by atoms with Crippen molar-refractivity contribution < 1.29 is 9.47 Å². The molecule has 0 aromatic carbocycles. The average molecular weight is 352 g/mol. The monoisotopic (exact) mass is 351 g/mol. The molecule has 0 N–H and O–H groups in total. The van der Waals surface area contributed by atoms with E-state index in [1.165, 1.54) is 58.2 Å². The molecule has 3 aliphatic rings. The number of rotatable bonds is 6. The Morgan fingerprint density at radius 1 is 1.16 bits per heavy atom. The van der Waals surface area contributed by atoms with Gasteiger partial charge in [0.1, 0.15) is 0 Å². The summed E-state index contributed by atoms with van der Waals surface area (Å²) in [6.07, 6.45) is 11.6. The first-order chi connectivity index (χ1) is 11.9. The fourth-order valence-corrected chi connectivity index (χ4v) is 5.52. The largest absolute Gasteiger partial charge is 0.347 e. The summed E-state index contributed by atoms with van der Waals surface area (Å²) >= 11 is 0. The Labute approximate surface area is 155 Å². The molecule has 1 aliphatic carbocycles. The molecule has 0 radical (unpaired) electrons. The molecule has 0 amide bonds. The van der Waals surface area contributed by atoms with Crippen molar-refractivity contribution in [3.8, 4) is 0 Å². The van der Waals surface area contributed by atoms with Gasteiger partial charge in [-0.25, -0.2) is 0 Å². The van der Waals surface area contributed by atoms with Crippen LogP contribution in [-0.4, -0.2) is 43.0 Å². The first-order valence-corrected chi connectivity index (χ1v) is 11.0. The van der Waals surface area contributed by atoms with Gasteiger partial charge in [0.15, 0.2) is 5.79 Å². The van der Waals surface area contributed by atoms with Crippen LogP contribution in [0.2, 0.25) is 0 Å². The molecule has 0 bridgehead atoms. The van der Waals surface area contributed by atoms with Crippen molar-refractivity contribution in [2.45, 2.75) is 97.4 Å². The molecule has 2 unspecified atom stereocenters. The van der Waals surface area contributed by atoms with Gasteiger partial charge in [0, 0.05) is 25.9 Å². The zero-order valence-electron chi connectivity index (χ0n) is 17.2. The Kier molecular flexibility index (Phi) is 6.50. The van der Waals surface area contributed by atoms with Crippen molar-refractivity contribution >= 4 is 0 Å². The number of piperidine rings is 1. The summed E-state index contributed by atoms with van der Waals surface area (Å²) in [7, 11) is 0. The van der Waals surface area contributed by atoms with Gasteiger partial charge in [-0.2, -0.15) is 0 Å². The van der Waals surface area contributed by atoms with Crippen molar-refractivity contribution in [2.24, 2.45) is 17.3 Å². The predicted octanol–water partition coefficient (Wildman–Crippen LogP) is 5.24. The summed E-state index contributed by atoms with van der Waals surface area (Å²) in [5.74, 6) is 1.46. The molecule has 25 heavy (non-hydrogen) atoms. The van der Waals surface area contributed by atoms with Gasteiger partial charge in [0.2, 0.25) is 0 Å². The van der Waals surface area contributed by atoms with Gasteiger partial charge in [-0.3, -0.25) is 0 Å². The van der Waals surface area contributed by atoms with E-state index in [2.05, 4.69) is 32.6 Å². The minimum absolute atomic E-state index is 0.237. The number of hydrogen-bond donors (Lipinski definition) is 0. The average Bonchev–Trinajstić information content (AvgIpc) is 2.96. The van der Waals surface area contributed by atoms with Crippen LogP contribution in [0, 0.1) is 17.3 Å². The second-order valence-corrected chi connectivity index (χ2v) is 9.81. The van der Waals surface area contributed by atoms with Crippen LogP contribution in [0.3, 0.4) is 0 Å². The Balaban J connectivity index is 1.42. The second-order valence-electron chi connectivity index (χ2n) is 9.81. The summed E-state index contributed by atoms with van der Waals surface area (Å²) in [6, 6.07) is 0. The summed E-state index contributed by atoms with van der Waals surface area (Å²) in [5.41, 5.74) is 0.472. The maximum atomic E-state index is 6.48. The molecule has 2 atom stereocenters. The molecule has 1 spiro atoms. The minimum atomic E-state index is -0.237. The molecular formula is C22H41NO2. The third kappa shape index (κ3) is 4.99. The summed E-state index contributed by atoms with van der Waals surface area (Å²) < 4.78 is 12.7. The highest BCUT2D eigenvalue weighted by Crippen LogP contribution is 2.47. The molecule has 0 aromatic rings. The lowest BCUT2D eigenvalue weighted by molar-refractivity contribution is -0.197. The Morgan fingerprint density at radius 3 is 2.60 bits per heavy atom. The van der Waals surface area contributed by atoms with Crippen LogP contribution >= 0.6 is 0 Å². The van der Waals surface area contributed by atoms with Crippen molar-refractivity contribution in [2.75, 3.05) is 26.2 Å². The predicted molar refractivity (Wildman–Crippen MR) is 104 cm³/mol. The second kappa shape index (κ2) is 8.27. The summed E-state index contributed by atoms with van der Waals surface area (Å²) in [6.45, 7) is 14.1. The fourth-order valence-electron chi connectivity index (χ4n) is 5.52. The molecule has 3 heteroatoms. The molecule has 2 heterocycles. The molecule has 2 aliphatic heterocycles. The Bertz CT molecular complexity index is 414. The van der Waals surface area contributed by atoms with Gasteiger partial charge in [-0.05, 0) is 62.3 Å². The van der Waals surface area contributed by atoms with Gasteiger partial charge in [-0.1, -0.05) is 34.1 Å². The SMILES string of the molecule is CCCC(C)(C)C1CCC2(CC1)OCC(CCN1CCCC(C)C1)O2. The van der Waals surface area contributed by atoms with E-state index in [0.29, 0.717) is 11.5 Å². The lowest BCUT2D eigenvalue weighted by atomic mass is 9.68. The highest BCUT2D eigenvalue weighted by Gasteiger charge is 2.46. The van der Waals surface area contributed by atoms with Crippen LogP contribution in [0.5, 0.6) is 0 Å². The first-order valence-electron chi connectivity index (χ1n) is 11.0. The lowest BCUT2D eigenvalue weighted by Gasteiger charge is -2.42. The maximum absolute atomic E-state index is 6.48. The van der Waals surface area contributed by atoms with Gasteiger partial charge in [0.25, 0.3) is 0 Å². The van der Waals surface area contributed by atoms with Crippen molar-refractivity contribution in [1.29, 1.82) is 0 Å². The van der Waals surface area contributed by atoms with E-state index in [9.17, 15) is 0 Å². The topological polar surface area (TPSA) is 21.7 Å². The van der Waals surface area contributed by atoms with Crippen molar-refractivity contribution in [3.63, 3.8) is 0 Å². The van der Waals surface area contributed by atoms with Crippen LogP contribution in [0.25, 0.3) is 0 Å². The van der Waals surface area contributed by atoms with E-state index >= 15 is 0 Å². The van der Waals surface area contributed by atoms with Gasteiger partial charge in [-0.15, -0.1) is 0 Å². The number of likely N-dealkylation sites (tertiary alicyclic amines) is 1. The maximum Gasteiger partial charge on any atom is 0.168 e. The normalized spacial score (nSPS) is 37.7. The van der Waals surface area contributed by atoms with Crippen molar-refractivity contribution in [1.82, 2.24) is 4.90 Å². The lowest BCUT2D eigenvalue weighted by Crippen LogP contribution is -2.40. The van der Waals surface area contributed by atoms with Gasteiger partial charge in [0.05, 0.1) is 12.7 Å². The van der Waals surface area contributed by atoms with Gasteiger partial charge < -0.3 is 14.4 Å².